The Bertz CT molecular complexity index is 711. The van der Waals surface area contributed by atoms with Crippen LogP contribution in [0.1, 0.15) is 28.9 Å². The maximum atomic E-state index is 11.8. The van der Waals surface area contributed by atoms with Crippen LogP contribution in [0.2, 0.25) is 5.02 Å². The van der Waals surface area contributed by atoms with Crippen LogP contribution in [0.15, 0.2) is 42.5 Å². The Morgan fingerprint density at radius 1 is 1.26 bits per heavy atom. The van der Waals surface area contributed by atoms with Crippen LogP contribution in [0.5, 0.6) is 11.5 Å². The number of ether oxygens (including phenoxy) is 2. The van der Waals surface area contributed by atoms with Crippen molar-refractivity contribution in [3.8, 4) is 11.5 Å². The maximum Gasteiger partial charge on any atom is 0.163 e. The van der Waals surface area contributed by atoms with Gasteiger partial charge in [-0.2, -0.15) is 0 Å². The minimum atomic E-state index is -0.0842. The van der Waals surface area contributed by atoms with Crippen LogP contribution in [0, 0.1) is 0 Å². The molecule has 4 nitrogen and oxygen atoms in total. The summed E-state index contributed by atoms with van der Waals surface area (Å²) in [7, 11) is 0. The van der Waals surface area contributed by atoms with Gasteiger partial charge in [0.2, 0.25) is 0 Å². The third-order valence-corrected chi connectivity index (χ3v) is 3.99. The Balaban J connectivity index is 1.93. The maximum absolute atomic E-state index is 11.8. The van der Waals surface area contributed by atoms with E-state index in [4.69, 9.17) is 21.1 Å². The first kappa shape index (κ1) is 16.0. The third-order valence-electron chi connectivity index (χ3n) is 3.76. The Kier molecular flexibility index (Phi) is 4.96. The summed E-state index contributed by atoms with van der Waals surface area (Å²) < 4.78 is 11.6. The molecule has 1 saturated heterocycles. The molecule has 0 aliphatic carbocycles. The van der Waals surface area contributed by atoms with Crippen molar-refractivity contribution >= 4 is 17.4 Å². The predicted octanol–water partition coefficient (Wildman–Crippen LogP) is 4.00. The van der Waals surface area contributed by atoms with Crippen molar-refractivity contribution in [3.05, 3.63) is 58.6 Å². The molecule has 1 heterocycles. The highest BCUT2D eigenvalue weighted by atomic mass is 35.5. The summed E-state index contributed by atoms with van der Waals surface area (Å²) >= 11 is 5.98. The number of rotatable bonds is 4. The smallest absolute Gasteiger partial charge is 0.163 e. The zero-order valence-electron chi connectivity index (χ0n) is 12.8. The number of hydrogen-bond acceptors (Lipinski definition) is 4. The van der Waals surface area contributed by atoms with Crippen LogP contribution in [0.3, 0.4) is 0 Å². The van der Waals surface area contributed by atoms with E-state index >= 15 is 0 Å². The molecule has 1 fully saturated rings. The number of carbonyl (C=O) groups excluding carboxylic acids is 1. The Morgan fingerprint density at radius 3 is 2.83 bits per heavy atom. The van der Waals surface area contributed by atoms with Gasteiger partial charge in [-0.1, -0.05) is 29.8 Å². The highest BCUT2D eigenvalue weighted by molar-refractivity contribution is 6.31. The number of Topliss-reactive ketones (excluding diaryl/α,β-unsaturated/α-hetero) is 1. The van der Waals surface area contributed by atoms with Gasteiger partial charge in [-0.3, -0.25) is 4.79 Å². The molecule has 0 bridgehead atoms. The van der Waals surface area contributed by atoms with Crippen molar-refractivity contribution in [1.82, 2.24) is 5.32 Å². The van der Waals surface area contributed by atoms with Gasteiger partial charge >= 0.3 is 0 Å². The van der Waals surface area contributed by atoms with Crippen molar-refractivity contribution < 1.29 is 14.3 Å². The molecular weight excluding hydrogens is 314 g/mol. The van der Waals surface area contributed by atoms with Crippen LogP contribution in [-0.2, 0) is 4.74 Å². The number of ketones is 1. The highest BCUT2D eigenvalue weighted by Gasteiger charge is 2.20. The summed E-state index contributed by atoms with van der Waals surface area (Å²) in [5.41, 5.74) is 1.48. The fourth-order valence-corrected chi connectivity index (χ4v) is 2.78. The van der Waals surface area contributed by atoms with E-state index < -0.39 is 0 Å². The minimum Gasteiger partial charge on any atom is -0.456 e. The fraction of sp³-hybridized carbons (Fsp3) is 0.278. The molecule has 2 aromatic rings. The summed E-state index contributed by atoms with van der Waals surface area (Å²) in [5.74, 6) is 1.13. The first-order valence-corrected chi connectivity index (χ1v) is 7.91. The van der Waals surface area contributed by atoms with E-state index in [0.717, 1.165) is 12.1 Å². The van der Waals surface area contributed by atoms with E-state index in [1.807, 2.05) is 24.3 Å². The molecule has 0 radical (unpaired) electrons. The summed E-state index contributed by atoms with van der Waals surface area (Å²) in [5, 5.41) is 3.93. The highest BCUT2D eigenvalue weighted by Crippen LogP contribution is 2.33. The van der Waals surface area contributed by atoms with Crippen LogP contribution >= 0.6 is 11.6 Å². The lowest BCUT2D eigenvalue weighted by Crippen LogP contribution is -2.34. The Labute approximate surface area is 140 Å². The van der Waals surface area contributed by atoms with E-state index in [0.29, 0.717) is 35.3 Å². The fourth-order valence-electron chi connectivity index (χ4n) is 2.61. The van der Waals surface area contributed by atoms with Gasteiger partial charge < -0.3 is 14.8 Å². The average molecular weight is 332 g/mol. The molecule has 0 amide bonds. The number of halogens is 1. The van der Waals surface area contributed by atoms with Gasteiger partial charge in [-0.05, 0) is 31.2 Å². The zero-order chi connectivity index (χ0) is 16.2. The van der Waals surface area contributed by atoms with Gasteiger partial charge in [0.15, 0.2) is 5.78 Å². The molecule has 0 saturated carbocycles. The summed E-state index contributed by atoms with van der Waals surface area (Å²) in [4.78, 5) is 11.8. The van der Waals surface area contributed by atoms with Crippen molar-refractivity contribution in [2.45, 2.75) is 13.0 Å². The molecular formula is C18H18ClNO3. The molecule has 0 spiro atoms. The normalized spacial score (nSPS) is 17.7. The number of hydrogen-bond donors (Lipinski definition) is 1. The Hall–Kier alpha value is -1.88. The standard InChI is InChI=1S/C18H18ClNO3/c1-12(21)15-10-13(19)6-7-18(15)23-17-5-3-2-4-14(17)16-11-22-9-8-20-16/h2-7,10,16,20H,8-9,11H2,1H3. The number of nitrogens with one attached hydrogen (secondary N) is 1. The number of morpholine rings is 1. The van der Waals surface area contributed by atoms with Crippen LogP contribution in [-0.4, -0.2) is 25.5 Å². The lowest BCUT2D eigenvalue weighted by molar-refractivity contribution is 0.0762. The Morgan fingerprint density at radius 2 is 2.09 bits per heavy atom. The lowest BCUT2D eigenvalue weighted by Gasteiger charge is -2.26. The van der Waals surface area contributed by atoms with Gasteiger partial charge in [0, 0.05) is 17.1 Å². The molecule has 1 aliphatic heterocycles. The largest absolute Gasteiger partial charge is 0.456 e. The van der Waals surface area contributed by atoms with Gasteiger partial charge in [-0.25, -0.2) is 0 Å². The second-order valence-corrected chi connectivity index (χ2v) is 5.85. The monoisotopic (exact) mass is 331 g/mol. The van der Waals surface area contributed by atoms with Crippen molar-refractivity contribution in [3.63, 3.8) is 0 Å². The number of benzene rings is 2. The molecule has 120 valence electrons. The number of para-hydroxylation sites is 1. The second kappa shape index (κ2) is 7.13. The quantitative estimate of drug-likeness (QED) is 0.860. The number of carbonyl (C=O) groups is 1. The topological polar surface area (TPSA) is 47.6 Å². The van der Waals surface area contributed by atoms with Gasteiger partial charge in [0.25, 0.3) is 0 Å². The first-order chi connectivity index (χ1) is 11.1. The first-order valence-electron chi connectivity index (χ1n) is 7.53. The van der Waals surface area contributed by atoms with E-state index in [9.17, 15) is 4.79 Å². The minimum absolute atomic E-state index is 0.0769. The third kappa shape index (κ3) is 3.72. The summed E-state index contributed by atoms with van der Waals surface area (Å²) in [6.45, 7) is 3.62. The summed E-state index contributed by atoms with van der Waals surface area (Å²) in [6.07, 6.45) is 0. The molecule has 1 atom stereocenters. The van der Waals surface area contributed by atoms with Crippen molar-refractivity contribution in [1.29, 1.82) is 0 Å². The van der Waals surface area contributed by atoms with E-state index in [-0.39, 0.29) is 11.8 Å². The molecule has 3 rings (SSSR count). The lowest BCUT2D eigenvalue weighted by atomic mass is 10.1. The summed E-state index contributed by atoms with van der Waals surface area (Å²) in [6, 6.07) is 12.9. The van der Waals surface area contributed by atoms with Crippen LogP contribution in [0.25, 0.3) is 0 Å². The molecule has 5 heteroatoms. The molecule has 1 aliphatic rings. The molecule has 1 N–H and O–H groups in total. The molecule has 2 aromatic carbocycles. The molecule has 0 aromatic heterocycles. The molecule has 1 unspecified atom stereocenters. The van der Waals surface area contributed by atoms with Crippen molar-refractivity contribution in [2.24, 2.45) is 0 Å². The second-order valence-electron chi connectivity index (χ2n) is 5.42. The molecule has 23 heavy (non-hydrogen) atoms. The average Bonchev–Trinajstić information content (AvgIpc) is 2.57. The van der Waals surface area contributed by atoms with Crippen LogP contribution in [0.4, 0.5) is 0 Å². The SMILES string of the molecule is CC(=O)c1cc(Cl)ccc1Oc1ccccc1C1COCCN1. The van der Waals surface area contributed by atoms with Crippen LogP contribution < -0.4 is 10.1 Å². The van der Waals surface area contributed by atoms with E-state index in [2.05, 4.69) is 5.32 Å². The van der Waals surface area contributed by atoms with E-state index in [1.54, 1.807) is 18.2 Å². The van der Waals surface area contributed by atoms with Crippen molar-refractivity contribution in [2.75, 3.05) is 19.8 Å². The van der Waals surface area contributed by atoms with Gasteiger partial charge in [0.1, 0.15) is 11.5 Å². The van der Waals surface area contributed by atoms with E-state index in [1.165, 1.54) is 6.92 Å². The van der Waals surface area contributed by atoms with Gasteiger partial charge in [-0.15, -0.1) is 0 Å². The zero-order valence-corrected chi connectivity index (χ0v) is 13.6. The predicted molar refractivity (Wildman–Crippen MR) is 89.5 cm³/mol. The van der Waals surface area contributed by atoms with Gasteiger partial charge in [0.05, 0.1) is 24.8 Å².